The van der Waals surface area contributed by atoms with Gasteiger partial charge in [-0.2, -0.15) is 5.26 Å². The fourth-order valence-corrected chi connectivity index (χ4v) is 0.673. The Bertz CT molecular complexity index is 137. The Hall–Kier alpha value is -1.04. The molecule has 3 nitrogen and oxygen atoms in total. The van der Waals surface area contributed by atoms with E-state index in [1.165, 1.54) is 0 Å². The van der Waals surface area contributed by atoms with Gasteiger partial charge in [0.15, 0.2) is 0 Å². The molecule has 10 heavy (non-hydrogen) atoms. The predicted octanol–water partition coefficient (Wildman–Crippen LogP) is 0.671. The van der Waals surface area contributed by atoms with Crippen LogP contribution in [0.4, 0.5) is 0 Å². The monoisotopic (exact) mass is 140 g/mol. The van der Waals surface area contributed by atoms with E-state index in [1.54, 1.807) is 0 Å². The van der Waals surface area contributed by atoms with Crippen LogP contribution in [0, 0.1) is 17.2 Å². The molecule has 0 bridgehead atoms. The van der Waals surface area contributed by atoms with Crippen molar-refractivity contribution < 1.29 is 4.79 Å². The molecule has 0 fully saturated rings. The second kappa shape index (κ2) is 4.80. The predicted molar refractivity (Wildman–Crippen MR) is 38.1 cm³/mol. The van der Waals surface area contributed by atoms with Crippen LogP contribution >= 0.6 is 0 Å². The quantitative estimate of drug-likeness (QED) is 0.583. The standard InChI is InChI=1S/C7H12N2O/c1-6(2)7(3-4-8)9-5-10/h5-7H,3H2,1-2H3,(H,9,10). The molecule has 0 aliphatic rings. The molecule has 0 aromatic rings. The average molecular weight is 140 g/mol. The van der Waals surface area contributed by atoms with Gasteiger partial charge in [-0.1, -0.05) is 13.8 Å². The number of hydrogen-bond acceptors (Lipinski definition) is 2. The van der Waals surface area contributed by atoms with Gasteiger partial charge in [0.2, 0.25) is 6.41 Å². The van der Waals surface area contributed by atoms with Gasteiger partial charge in [0.1, 0.15) is 0 Å². The van der Waals surface area contributed by atoms with Crippen LogP contribution in [0.2, 0.25) is 0 Å². The first-order chi connectivity index (χ1) is 4.72. The maximum absolute atomic E-state index is 9.97. The molecule has 1 atom stereocenters. The molecule has 1 N–H and O–H groups in total. The Balaban J connectivity index is 3.74. The number of carbonyl (C=O) groups is 1. The summed E-state index contributed by atoms with van der Waals surface area (Å²) in [4.78, 5) is 9.97. The van der Waals surface area contributed by atoms with Gasteiger partial charge in [-0.15, -0.1) is 0 Å². The first kappa shape index (κ1) is 8.96. The van der Waals surface area contributed by atoms with Crippen molar-refractivity contribution in [2.75, 3.05) is 0 Å². The first-order valence-corrected chi connectivity index (χ1v) is 3.29. The molecular weight excluding hydrogens is 128 g/mol. The maximum atomic E-state index is 9.97. The summed E-state index contributed by atoms with van der Waals surface area (Å²) in [5.41, 5.74) is 0. The molecule has 0 saturated heterocycles. The molecular formula is C7H12N2O. The van der Waals surface area contributed by atoms with Crippen molar-refractivity contribution in [3.8, 4) is 6.07 Å². The van der Waals surface area contributed by atoms with Crippen LogP contribution < -0.4 is 5.32 Å². The lowest BCUT2D eigenvalue weighted by molar-refractivity contribution is -0.110. The fraction of sp³-hybridized carbons (Fsp3) is 0.714. The zero-order valence-electron chi connectivity index (χ0n) is 6.29. The summed E-state index contributed by atoms with van der Waals surface area (Å²) in [6, 6.07) is 2.01. The third kappa shape index (κ3) is 3.08. The van der Waals surface area contributed by atoms with E-state index in [9.17, 15) is 4.79 Å². The van der Waals surface area contributed by atoms with E-state index < -0.39 is 0 Å². The largest absolute Gasteiger partial charge is 0.355 e. The Morgan fingerprint density at radius 1 is 1.70 bits per heavy atom. The topological polar surface area (TPSA) is 52.9 Å². The summed E-state index contributed by atoms with van der Waals surface area (Å²) >= 11 is 0. The van der Waals surface area contributed by atoms with E-state index in [0.717, 1.165) is 0 Å². The lowest BCUT2D eigenvalue weighted by Crippen LogP contribution is -2.32. The van der Waals surface area contributed by atoms with Crippen LogP contribution in [0.5, 0.6) is 0 Å². The van der Waals surface area contributed by atoms with Crippen molar-refractivity contribution in [1.29, 1.82) is 5.26 Å². The lowest BCUT2D eigenvalue weighted by atomic mass is 10.0. The van der Waals surface area contributed by atoms with E-state index in [4.69, 9.17) is 5.26 Å². The lowest BCUT2D eigenvalue weighted by Gasteiger charge is -2.15. The Labute approximate surface area is 61.0 Å². The molecule has 0 aromatic heterocycles. The Kier molecular flexibility index (Phi) is 4.30. The highest BCUT2D eigenvalue weighted by molar-refractivity contribution is 5.46. The SMILES string of the molecule is CC(C)C(CC#N)NC=O. The van der Waals surface area contributed by atoms with E-state index in [2.05, 4.69) is 5.32 Å². The van der Waals surface area contributed by atoms with Crippen LogP contribution in [0.25, 0.3) is 0 Å². The minimum atomic E-state index is 0.00231. The van der Waals surface area contributed by atoms with Gasteiger partial charge in [-0.25, -0.2) is 0 Å². The van der Waals surface area contributed by atoms with E-state index in [1.807, 2.05) is 19.9 Å². The maximum Gasteiger partial charge on any atom is 0.207 e. The molecule has 1 unspecified atom stereocenters. The molecule has 1 amide bonds. The molecule has 0 aromatic carbocycles. The van der Waals surface area contributed by atoms with Gasteiger partial charge in [-0.3, -0.25) is 4.79 Å². The molecule has 0 aliphatic carbocycles. The highest BCUT2D eigenvalue weighted by atomic mass is 16.1. The number of nitriles is 1. The van der Waals surface area contributed by atoms with Crippen molar-refractivity contribution in [1.82, 2.24) is 5.32 Å². The number of rotatable bonds is 4. The van der Waals surface area contributed by atoms with Crippen molar-refractivity contribution in [2.24, 2.45) is 5.92 Å². The van der Waals surface area contributed by atoms with Gasteiger partial charge in [0, 0.05) is 6.04 Å². The highest BCUT2D eigenvalue weighted by Crippen LogP contribution is 2.03. The van der Waals surface area contributed by atoms with Gasteiger partial charge in [-0.05, 0) is 5.92 Å². The van der Waals surface area contributed by atoms with E-state index in [-0.39, 0.29) is 6.04 Å². The summed E-state index contributed by atoms with van der Waals surface area (Å²) < 4.78 is 0. The molecule has 0 spiro atoms. The van der Waals surface area contributed by atoms with Crippen molar-refractivity contribution in [3.05, 3.63) is 0 Å². The summed E-state index contributed by atoms with van der Waals surface area (Å²) in [6.45, 7) is 3.94. The second-order valence-corrected chi connectivity index (χ2v) is 2.50. The van der Waals surface area contributed by atoms with Crippen LogP contribution in [0.15, 0.2) is 0 Å². The number of nitrogens with zero attached hydrogens (tertiary/aromatic N) is 1. The Morgan fingerprint density at radius 3 is 2.60 bits per heavy atom. The molecule has 3 heteroatoms. The molecule has 0 radical (unpaired) electrons. The number of hydrogen-bond donors (Lipinski definition) is 1. The third-order valence-corrected chi connectivity index (χ3v) is 1.40. The smallest absolute Gasteiger partial charge is 0.207 e. The Morgan fingerprint density at radius 2 is 2.30 bits per heavy atom. The summed E-state index contributed by atoms with van der Waals surface area (Å²) in [5.74, 6) is 0.324. The van der Waals surface area contributed by atoms with Gasteiger partial charge >= 0.3 is 0 Å². The summed E-state index contributed by atoms with van der Waals surface area (Å²) in [5, 5.41) is 10.9. The number of amides is 1. The van der Waals surface area contributed by atoms with E-state index >= 15 is 0 Å². The van der Waals surface area contributed by atoms with E-state index in [0.29, 0.717) is 18.7 Å². The van der Waals surface area contributed by atoms with Crippen LogP contribution in [0.1, 0.15) is 20.3 Å². The van der Waals surface area contributed by atoms with Crippen molar-refractivity contribution in [3.63, 3.8) is 0 Å². The van der Waals surface area contributed by atoms with Crippen LogP contribution in [-0.2, 0) is 4.79 Å². The highest BCUT2D eigenvalue weighted by Gasteiger charge is 2.10. The second-order valence-electron chi connectivity index (χ2n) is 2.50. The zero-order valence-corrected chi connectivity index (χ0v) is 6.29. The normalized spacial score (nSPS) is 12.2. The van der Waals surface area contributed by atoms with Crippen molar-refractivity contribution in [2.45, 2.75) is 26.3 Å². The fourth-order valence-electron chi connectivity index (χ4n) is 0.673. The molecule has 0 rings (SSSR count). The molecule has 0 heterocycles. The van der Waals surface area contributed by atoms with Gasteiger partial charge in [0.25, 0.3) is 0 Å². The average Bonchev–Trinajstić information content (AvgIpc) is 1.87. The zero-order chi connectivity index (χ0) is 7.98. The summed E-state index contributed by atoms with van der Waals surface area (Å²) in [7, 11) is 0. The third-order valence-electron chi connectivity index (χ3n) is 1.40. The molecule has 56 valence electrons. The number of nitrogens with one attached hydrogen (secondary N) is 1. The minimum Gasteiger partial charge on any atom is -0.355 e. The first-order valence-electron chi connectivity index (χ1n) is 3.29. The van der Waals surface area contributed by atoms with Gasteiger partial charge in [0.05, 0.1) is 12.5 Å². The summed E-state index contributed by atoms with van der Waals surface area (Å²) in [6.07, 6.45) is 1.03. The van der Waals surface area contributed by atoms with Crippen LogP contribution in [-0.4, -0.2) is 12.5 Å². The number of carbonyl (C=O) groups excluding carboxylic acids is 1. The van der Waals surface area contributed by atoms with Crippen LogP contribution in [0.3, 0.4) is 0 Å². The molecule has 0 aliphatic heterocycles. The molecule has 0 saturated carbocycles. The van der Waals surface area contributed by atoms with Gasteiger partial charge < -0.3 is 5.32 Å². The van der Waals surface area contributed by atoms with Crippen molar-refractivity contribution >= 4 is 6.41 Å². The minimum absolute atomic E-state index is 0.00231.